The SMILES string of the molecule is COc1ccc(C)cc1C[NH+]1CC[NH+](CC(=O)Nc2c(C)cccc2C(C)C)CC1. The van der Waals surface area contributed by atoms with E-state index in [0.717, 1.165) is 49.7 Å². The zero-order valence-corrected chi connectivity index (χ0v) is 19.1. The minimum absolute atomic E-state index is 0.116. The molecule has 0 unspecified atom stereocenters. The fraction of sp³-hybridized carbons (Fsp3) is 0.480. The summed E-state index contributed by atoms with van der Waals surface area (Å²) in [5.74, 6) is 1.48. The normalized spacial score (nSPS) is 19.0. The number of amides is 1. The molecule has 0 radical (unpaired) electrons. The molecule has 1 saturated heterocycles. The van der Waals surface area contributed by atoms with Gasteiger partial charge in [0.25, 0.3) is 5.91 Å². The van der Waals surface area contributed by atoms with Gasteiger partial charge in [0, 0.05) is 11.3 Å². The van der Waals surface area contributed by atoms with Gasteiger partial charge in [0.15, 0.2) is 6.54 Å². The first-order valence-corrected chi connectivity index (χ1v) is 11.1. The van der Waals surface area contributed by atoms with Crippen LogP contribution >= 0.6 is 0 Å². The summed E-state index contributed by atoms with van der Waals surface area (Å²) in [5.41, 5.74) is 5.87. The van der Waals surface area contributed by atoms with Crippen LogP contribution in [0.15, 0.2) is 36.4 Å². The Morgan fingerprint density at radius 1 is 1.07 bits per heavy atom. The molecule has 0 atom stereocenters. The van der Waals surface area contributed by atoms with Gasteiger partial charge in [-0.3, -0.25) is 4.79 Å². The molecule has 3 rings (SSSR count). The quantitative estimate of drug-likeness (QED) is 0.644. The molecule has 1 aliphatic rings. The zero-order chi connectivity index (χ0) is 21.7. The lowest BCUT2D eigenvalue weighted by atomic mass is 9.98. The number of hydrogen-bond donors (Lipinski definition) is 3. The summed E-state index contributed by atoms with van der Waals surface area (Å²) in [5, 5.41) is 3.20. The van der Waals surface area contributed by atoms with E-state index in [1.165, 1.54) is 21.6 Å². The van der Waals surface area contributed by atoms with Crippen LogP contribution in [-0.2, 0) is 11.3 Å². The van der Waals surface area contributed by atoms with Crippen molar-refractivity contribution < 1.29 is 19.3 Å². The summed E-state index contributed by atoms with van der Waals surface area (Å²) >= 11 is 0. The minimum Gasteiger partial charge on any atom is -0.496 e. The number of methoxy groups -OCH3 is 1. The Morgan fingerprint density at radius 2 is 1.77 bits per heavy atom. The van der Waals surface area contributed by atoms with E-state index in [4.69, 9.17) is 4.74 Å². The van der Waals surface area contributed by atoms with Crippen LogP contribution in [0, 0.1) is 13.8 Å². The predicted octanol–water partition coefficient (Wildman–Crippen LogP) is 1.36. The molecule has 1 heterocycles. The van der Waals surface area contributed by atoms with E-state index in [1.807, 2.05) is 0 Å². The minimum atomic E-state index is 0.116. The molecular weight excluding hydrogens is 374 g/mol. The zero-order valence-electron chi connectivity index (χ0n) is 19.1. The first-order chi connectivity index (χ1) is 14.4. The van der Waals surface area contributed by atoms with Gasteiger partial charge in [0.1, 0.15) is 38.5 Å². The highest BCUT2D eigenvalue weighted by atomic mass is 16.5. The third kappa shape index (κ3) is 5.61. The van der Waals surface area contributed by atoms with Gasteiger partial charge in [-0.05, 0) is 43.0 Å². The van der Waals surface area contributed by atoms with E-state index >= 15 is 0 Å². The Balaban J connectivity index is 1.53. The topological polar surface area (TPSA) is 47.2 Å². The fourth-order valence-electron chi connectivity index (χ4n) is 4.38. The number of anilines is 1. The Morgan fingerprint density at radius 3 is 2.43 bits per heavy atom. The van der Waals surface area contributed by atoms with E-state index < -0.39 is 0 Å². The molecule has 1 aliphatic heterocycles. The van der Waals surface area contributed by atoms with Crippen LogP contribution in [0.4, 0.5) is 5.69 Å². The predicted molar refractivity (Wildman–Crippen MR) is 122 cm³/mol. The summed E-state index contributed by atoms with van der Waals surface area (Å²) in [4.78, 5) is 15.7. The number of aryl methyl sites for hydroxylation is 2. The maximum atomic E-state index is 12.7. The van der Waals surface area contributed by atoms with Crippen LogP contribution in [0.25, 0.3) is 0 Å². The highest BCUT2D eigenvalue weighted by molar-refractivity contribution is 5.93. The molecule has 2 aromatic rings. The Hall–Kier alpha value is -2.37. The molecule has 162 valence electrons. The number of piperazine rings is 1. The lowest BCUT2D eigenvalue weighted by Crippen LogP contribution is -3.28. The van der Waals surface area contributed by atoms with Crippen molar-refractivity contribution in [3.8, 4) is 5.75 Å². The van der Waals surface area contributed by atoms with Gasteiger partial charge in [0.2, 0.25) is 0 Å². The molecule has 5 heteroatoms. The van der Waals surface area contributed by atoms with Crippen molar-refractivity contribution in [3.63, 3.8) is 0 Å². The smallest absolute Gasteiger partial charge is 0.279 e. The second kappa shape index (κ2) is 10.1. The Bertz CT molecular complexity index is 871. The summed E-state index contributed by atoms with van der Waals surface area (Å²) in [7, 11) is 1.74. The molecule has 0 aliphatic carbocycles. The van der Waals surface area contributed by atoms with Gasteiger partial charge in [-0.2, -0.15) is 0 Å². The highest BCUT2D eigenvalue weighted by Crippen LogP contribution is 2.27. The first-order valence-electron chi connectivity index (χ1n) is 11.1. The van der Waals surface area contributed by atoms with Crippen molar-refractivity contribution in [2.24, 2.45) is 0 Å². The molecule has 0 aromatic heterocycles. The maximum absolute atomic E-state index is 12.7. The van der Waals surface area contributed by atoms with Crippen molar-refractivity contribution in [1.82, 2.24) is 0 Å². The third-order valence-electron chi connectivity index (χ3n) is 6.14. The summed E-state index contributed by atoms with van der Waals surface area (Å²) in [6, 6.07) is 12.6. The molecule has 0 bridgehead atoms. The molecule has 0 spiro atoms. The second-order valence-electron chi connectivity index (χ2n) is 8.91. The monoisotopic (exact) mass is 411 g/mol. The largest absolute Gasteiger partial charge is 0.496 e. The van der Waals surface area contributed by atoms with E-state index in [0.29, 0.717) is 12.5 Å². The third-order valence-corrected chi connectivity index (χ3v) is 6.14. The van der Waals surface area contributed by atoms with Crippen LogP contribution in [0.1, 0.15) is 42.0 Å². The van der Waals surface area contributed by atoms with Crippen LogP contribution in [-0.4, -0.2) is 45.7 Å². The van der Waals surface area contributed by atoms with Gasteiger partial charge in [0.05, 0.1) is 7.11 Å². The molecule has 1 amide bonds. The van der Waals surface area contributed by atoms with E-state index in [-0.39, 0.29) is 5.91 Å². The van der Waals surface area contributed by atoms with Gasteiger partial charge in [-0.15, -0.1) is 0 Å². The van der Waals surface area contributed by atoms with Crippen molar-refractivity contribution in [3.05, 3.63) is 58.7 Å². The first kappa shape index (κ1) is 22.3. The van der Waals surface area contributed by atoms with Gasteiger partial charge in [-0.25, -0.2) is 0 Å². The highest BCUT2D eigenvalue weighted by Gasteiger charge is 2.26. The van der Waals surface area contributed by atoms with E-state index in [1.54, 1.807) is 12.0 Å². The van der Waals surface area contributed by atoms with Crippen LogP contribution in [0.5, 0.6) is 5.75 Å². The van der Waals surface area contributed by atoms with Gasteiger partial charge in [-0.1, -0.05) is 43.7 Å². The molecule has 5 nitrogen and oxygen atoms in total. The number of hydrogen-bond acceptors (Lipinski definition) is 2. The van der Waals surface area contributed by atoms with Crippen LogP contribution < -0.4 is 19.9 Å². The molecule has 1 fully saturated rings. The number of carbonyl (C=O) groups is 1. The average molecular weight is 412 g/mol. The lowest BCUT2D eigenvalue weighted by Gasteiger charge is -2.30. The van der Waals surface area contributed by atoms with Crippen molar-refractivity contribution >= 4 is 11.6 Å². The average Bonchev–Trinajstić information content (AvgIpc) is 2.71. The molecule has 2 aromatic carbocycles. The Kier molecular flexibility index (Phi) is 7.51. The van der Waals surface area contributed by atoms with Crippen LogP contribution in [0.2, 0.25) is 0 Å². The van der Waals surface area contributed by atoms with Crippen molar-refractivity contribution in [2.45, 2.75) is 40.2 Å². The fourth-order valence-corrected chi connectivity index (χ4v) is 4.38. The summed E-state index contributed by atoms with van der Waals surface area (Å²) in [6.45, 7) is 14.2. The van der Waals surface area contributed by atoms with Crippen molar-refractivity contribution in [2.75, 3.05) is 45.2 Å². The molecule has 3 N–H and O–H groups in total. The molecule has 30 heavy (non-hydrogen) atoms. The number of carbonyl (C=O) groups excluding carboxylic acids is 1. The number of rotatable bonds is 7. The summed E-state index contributed by atoms with van der Waals surface area (Å²) in [6.07, 6.45) is 0. The molecule has 0 saturated carbocycles. The van der Waals surface area contributed by atoms with Gasteiger partial charge < -0.3 is 19.9 Å². The van der Waals surface area contributed by atoms with E-state index in [2.05, 4.69) is 69.4 Å². The Labute approximate surface area is 181 Å². The van der Waals surface area contributed by atoms with Crippen molar-refractivity contribution in [1.29, 1.82) is 0 Å². The number of nitrogens with one attached hydrogen (secondary N) is 3. The molecular formula is C25H37N3O2+2. The standard InChI is InChI=1S/C25H35N3O2/c1-18(2)22-8-6-7-20(4)25(22)26-24(29)17-28-13-11-27(12-14-28)16-21-15-19(3)9-10-23(21)30-5/h6-10,15,18H,11-14,16-17H2,1-5H3,(H,26,29)/p+2. The van der Waals surface area contributed by atoms with E-state index in [9.17, 15) is 4.79 Å². The number of para-hydroxylation sites is 1. The number of quaternary nitrogens is 2. The number of ether oxygens (including phenoxy) is 1. The number of benzene rings is 2. The maximum Gasteiger partial charge on any atom is 0.279 e. The van der Waals surface area contributed by atoms with Gasteiger partial charge >= 0.3 is 0 Å². The summed E-state index contributed by atoms with van der Waals surface area (Å²) < 4.78 is 5.54. The van der Waals surface area contributed by atoms with Crippen LogP contribution in [0.3, 0.4) is 0 Å². The lowest BCUT2D eigenvalue weighted by molar-refractivity contribution is -1.02. The second-order valence-corrected chi connectivity index (χ2v) is 8.91.